The van der Waals surface area contributed by atoms with E-state index < -0.39 is 29.3 Å². The first-order valence-electron chi connectivity index (χ1n) is 10.3. The van der Waals surface area contributed by atoms with Gasteiger partial charge < -0.3 is 9.63 Å². The smallest absolute Gasteiger partial charge is 0.328 e. The molecule has 5 nitrogen and oxygen atoms in total. The van der Waals surface area contributed by atoms with Crippen molar-refractivity contribution in [3.63, 3.8) is 0 Å². The molecule has 0 saturated carbocycles. The van der Waals surface area contributed by atoms with Gasteiger partial charge in [0.05, 0.1) is 12.2 Å². The first-order valence-corrected chi connectivity index (χ1v) is 10.3. The zero-order valence-corrected chi connectivity index (χ0v) is 17.9. The summed E-state index contributed by atoms with van der Waals surface area (Å²) in [6.45, 7) is 4.73. The van der Waals surface area contributed by atoms with Crippen LogP contribution in [0.2, 0.25) is 0 Å². The first kappa shape index (κ1) is 22.1. The van der Waals surface area contributed by atoms with Crippen molar-refractivity contribution >= 4 is 23.0 Å². The summed E-state index contributed by atoms with van der Waals surface area (Å²) in [7, 11) is 0. The highest BCUT2D eigenvalue weighted by atomic mass is 19.1. The van der Waals surface area contributed by atoms with Gasteiger partial charge >= 0.3 is 5.97 Å². The number of hydrogen-bond donors (Lipinski definition) is 1. The summed E-state index contributed by atoms with van der Waals surface area (Å²) in [6, 6.07) is 4.53. The zero-order chi connectivity index (χ0) is 23.2. The molecule has 0 fully saturated rings. The summed E-state index contributed by atoms with van der Waals surface area (Å²) in [4.78, 5) is 12.5. The molecule has 0 radical (unpaired) electrons. The molecule has 0 amide bonds. The molecule has 0 aliphatic carbocycles. The normalized spacial score (nSPS) is 19.6. The Labute approximate surface area is 183 Å². The van der Waals surface area contributed by atoms with Gasteiger partial charge in [-0.2, -0.15) is 0 Å². The van der Waals surface area contributed by atoms with Crippen molar-refractivity contribution in [1.82, 2.24) is 10.1 Å². The Morgan fingerprint density at radius 2 is 2.00 bits per heavy atom. The van der Waals surface area contributed by atoms with E-state index in [9.17, 15) is 9.18 Å². The minimum atomic E-state index is -1.59. The van der Waals surface area contributed by atoms with E-state index in [1.807, 2.05) is 6.92 Å². The van der Waals surface area contributed by atoms with Gasteiger partial charge in [0.2, 0.25) is 0 Å². The number of nitrogens with zero attached hydrogens (tertiary/aromatic N) is 2. The third kappa shape index (κ3) is 4.14. The molecule has 0 bridgehead atoms. The third-order valence-electron chi connectivity index (χ3n) is 5.73. The number of carboxylic acids is 1. The molecule has 1 aliphatic heterocycles. The van der Waals surface area contributed by atoms with Crippen LogP contribution in [0, 0.1) is 11.6 Å². The van der Waals surface area contributed by atoms with Gasteiger partial charge in [0.25, 0.3) is 0 Å². The highest BCUT2D eigenvalue weighted by Crippen LogP contribution is 2.43. The lowest BCUT2D eigenvalue weighted by atomic mass is 9.82. The van der Waals surface area contributed by atoms with Crippen molar-refractivity contribution in [3.05, 3.63) is 70.4 Å². The van der Waals surface area contributed by atoms with E-state index in [1.54, 1.807) is 23.2 Å². The maximum Gasteiger partial charge on any atom is 0.328 e. The van der Waals surface area contributed by atoms with Gasteiger partial charge in [-0.1, -0.05) is 11.2 Å². The van der Waals surface area contributed by atoms with Crippen LogP contribution in [0.15, 0.2) is 41.1 Å². The fraction of sp³-hybridized carbons (Fsp3) is 0.333. The largest absolute Gasteiger partial charge is 0.478 e. The van der Waals surface area contributed by atoms with Crippen molar-refractivity contribution in [1.29, 1.82) is 0 Å². The number of carbonyl (C=O) groups is 1. The molecule has 2 aromatic carbocycles. The fourth-order valence-electron chi connectivity index (χ4n) is 4.48. The monoisotopic (exact) mass is 444 g/mol. The summed E-state index contributed by atoms with van der Waals surface area (Å²) >= 11 is 0. The fourth-order valence-corrected chi connectivity index (χ4v) is 4.48. The predicted molar refractivity (Wildman–Crippen MR) is 114 cm³/mol. The van der Waals surface area contributed by atoms with E-state index in [2.05, 4.69) is 5.16 Å². The van der Waals surface area contributed by atoms with Gasteiger partial charge in [-0.05, 0) is 68.2 Å². The maximum atomic E-state index is 15.3. The molecule has 32 heavy (non-hydrogen) atoms. The van der Waals surface area contributed by atoms with E-state index >= 15 is 8.78 Å². The van der Waals surface area contributed by atoms with Crippen molar-refractivity contribution < 1.29 is 27.6 Å². The van der Waals surface area contributed by atoms with Gasteiger partial charge in [-0.3, -0.25) is 4.90 Å². The molecule has 3 aromatic rings. The van der Waals surface area contributed by atoms with Crippen molar-refractivity contribution in [2.75, 3.05) is 6.54 Å². The molecule has 2 heterocycles. The molecule has 168 valence electrons. The predicted octanol–water partition coefficient (Wildman–Crippen LogP) is 5.29. The van der Waals surface area contributed by atoms with Crippen LogP contribution < -0.4 is 0 Å². The van der Waals surface area contributed by atoms with Crippen LogP contribution in [0.3, 0.4) is 0 Å². The Morgan fingerprint density at radius 3 is 2.62 bits per heavy atom. The SMILES string of the molecule is CC1Cc2c(ccc3oncc23)C(c2c(F)cc(/C=C/C(=O)O)cc2F)N1CC(C)(C)F. The second kappa shape index (κ2) is 8.09. The van der Waals surface area contributed by atoms with Crippen molar-refractivity contribution in [3.8, 4) is 0 Å². The molecular formula is C24H23F3N2O3. The van der Waals surface area contributed by atoms with Crippen LogP contribution in [-0.4, -0.2) is 39.4 Å². The molecule has 2 unspecified atom stereocenters. The third-order valence-corrected chi connectivity index (χ3v) is 5.73. The van der Waals surface area contributed by atoms with Gasteiger partial charge in [0, 0.05) is 29.6 Å². The van der Waals surface area contributed by atoms with E-state index in [0.717, 1.165) is 35.2 Å². The van der Waals surface area contributed by atoms with Gasteiger partial charge in [0.1, 0.15) is 17.3 Å². The van der Waals surface area contributed by atoms with E-state index in [0.29, 0.717) is 17.6 Å². The summed E-state index contributed by atoms with van der Waals surface area (Å²) < 4.78 is 50.6. The Balaban J connectivity index is 1.91. The molecule has 1 aliphatic rings. The second-order valence-corrected chi connectivity index (χ2v) is 8.79. The number of hydrogen-bond acceptors (Lipinski definition) is 4. The first-order chi connectivity index (χ1) is 15.0. The highest BCUT2D eigenvalue weighted by molar-refractivity contribution is 5.85. The number of rotatable bonds is 5. The lowest BCUT2D eigenvalue weighted by Gasteiger charge is -2.44. The minimum absolute atomic E-state index is 0.0283. The number of carboxylic acid groups (broad SMARTS) is 1. The number of alkyl halides is 1. The lowest BCUT2D eigenvalue weighted by molar-refractivity contribution is -0.131. The molecule has 8 heteroatoms. The van der Waals surface area contributed by atoms with Crippen molar-refractivity contribution in [2.24, 2.45) is 0 Å². The van der Waals surface area contributed by atoms with Crippen LogP contribution in [-0.2, 0) is 11.2 Å². The van der Waals surface area contributed by atoms with E-state index in [-0.39, 0.29) is 23.7 Å². The number of fused-ring (bicyclic) bond motifs is 3. The molecule has 1 N–H and O–H groups in total. The summed E-state index contributed by atoms with van der Waals surface area (Å²) in [6.07, 6.45) is 4.06. The topological polar surface area (TPSA) is 66.6 Å². The lowest BCUT2D eigenvalue weighted by Crippen LogP contribution is -2.48. The summed E-state index contributed by atoms with van der Waals surface area (Å²) in [5.74, 6) is -2.88. The Kier molecular flexibility index (Phi) is 5.58. The number of halogens is 3. The maximum absolute atomic E-state index is 15.3. The van der Waals surface area contributed by atoms with Crippen molar-refractivity contribution in [2.45, 2.75) is 44.9 Å². The average molecular weight is 444 g/mol. The molecular weight excluding hydrogens is 421 g/mol. The summed E-state index contributed by atoms with van der Waals surface area (Å²) in [5.41, 5.74) is 0.386. The quantitative estimate of drug-likeness (QED) is 0.542. The number of aromatic nitrogens is 1. The second-order valence-electron chi connectivity index (χ2n) is 8.79. The average Bonchev–Trinajstić information content (AvgIpc) is 3.16. The number of aliphatic carboxylic acids is 1. The Morgan fingerprint density at radius 1 is 1.31 bits per heavy atom. The zero-order valence-electron chi connectivity index (χ0n) is 17.9. The number of benzene rings is 2. The standard InChI is InChI=1S/C24H23F3N2O3/c1-13-8-16-15(5-6-20-17(16)11-28-32-20)23(29(13)12-24(2,3)27)22-18(25)9-14(10-19(22)26)4-7-21(30)31/h4-7,9-11,13,23H,8,12H2,1-3H3,(H,30,31)/b7-4+. The van der Waals surface area contributed by atoms with Crippen LogP contribution in [0.25, 0.3) is 17.0 Å². The van der Waals surface area contributed by atoms with Gasteiger partial charge in [-0.25, -0.2) is 18.0 Å². The molecule has 4 rings (SSSR count). The summed E-state index contributed by atoms with van der Waals surface area (Å²) in [5, 5.41) is 13.4. The molecule has 0 saturated heterocycles. The molecule has 0 spiro atoms. The van der Waals surface area contributed by atoms with E-state index in [4.69, 9.17) is 9.63 Å². The Bertz CT molecular complexity index is 1190. The van der Waals surface area contributed by atoms with Crippen LogP contribution >= 0.6 is 0 Å². The van der Waals surface area contributed by atoms with Gasteiger partial charge in [0.15, 0.2) is 5.58 Å². The van der Waals surface area contributed by atoms with Crippen LogP contribution in [0.5, 0.6) is 0 Å². The molecule has 1 aromatic heterocycles. The van der Waals surface area contributed by atoms with Gasteiger partial charge in [-0.15, -0.1) is 0 Å². The Hall–Kier alpha value is -3.13. The van der Waals surface area contributed by atoms with Crippen LogP contribution in [0.4, 0.5) is 13.2 Å². The van der Waals surface area contributed by atoms with E-state index in [1.165, 1.54) is 13.8 Å². The minimum Gasteiger partial charge on any atom is -0.478 e. The molecule has 2 atom stereocenters. The highest BCUT2D eigenvalue weighted by Gasteiger charge is 2.40. The van der Waals surface area contributed by atoms with Crippen LogP contribution in [0.1, 0.15) is 49.1 Å².